The molecule has 0 atom stereocenters. The Morgan fingerprint density at radius 3 is 1.58 bits per heavy atom. The zero-order valence-corrected chi connectivity index (χ0v) is 35.8. The quantitative estimate of drug-likeness (QED) is 0.0923. The average molecular weight is 771 g/mol. The van der Waals surface area contributed by atoms with Crippen molar-refractivity contribution in [3.8, 4) is 11.5 Å². The molecule has 5 aliphatic rings. The summed E-state index contributed by atoms with van der Waals surface area (Å²) in [4.78, 5) is 20.6. The molecular formula is C49H66N6O2+2. The summed E-state index contributed by atoms with van der Waals surface area (Å²) in [5, 5.41) is 0. The third-order valence-corrected chi connectivity index (χ3v) is 10.6. The maximum Gasteiger partial charge on any atom is 0.123 e. The summed E-state index contributed by atoms with van der Waals surface area (Å²) in [5.41, 5.74) is 10.3. The molecule has 0 N–H and O–H groups in total. The first-order valence-corrected chi connectivity index (χ1v) is 21.4. The number of benzene rings is 1. The molecule has 0 aliphatic carbocycles. The van der Waals surface area contributed by atoms with Crippen LogP contribution in [0.1, 0.15) is 89.5 Å². The minimum atomic E-state index is 0.623. The molecule has 0 saturated heterocycles. The number of quaternary nitrogens is 2. The van der Waals surface area contributed by atoms with Crippen molar-refractivity contribution in [3.63, 3.8) is 0 Å². The number of nitrogens with zero attached hydrogens (tertiary/aromatic N) is 6. The van der Waals surface area contributed by atoms with Crippen molar-refractivity contribution < 1.29 is 18.4 Å². The Kier molecular flexibility index (Phi) is 14.5. The van der Waals surface area contributed by atoms with E-state index in [4.69, 9.17) is 29.4 Å². The van der Waals surface area contributed by atoms with E-state index in [-0.39, 0.29) is 0 Å². The van der Waals surface area contributed by atoms with Crippen LogP contribution in [0.3, 0.4) is 0 Å². The molecule has 0 amide bonds. The van der Waals surface area contributed by atoms with Gasteiger partial charge in [0.2, 0.25) is 0 Å². The first-order valence-electron chi connectivity index (χ1n) is 21.4. The summed E-state index contributed by atoms with van der Waals surface area (Å²) < 4.78 is 14.6. The number of allylic oxidation sites excluding steroid dienone is 12. The number of ether oxygens (including phenoxy) is 2. The molecule has 0 radical (unpaired) electrons. The van der Waals surface area contributed by atoms with Gasteiger partial charge < -0.3 is 18.4 Å². The number of rotatable bonds is 21. The van der Waals surface area contributed by atoms with E-state index in [9.17, 15) is 0 Å². The lowest BCUT2D eigenvalue weighted by molar-refractivity contribution is -0.870. The lowest BCUT2D eigenvalue weighted by Crippen LogP contribution is -2.36. The number of unbranched alkanes of at least 4 members (excludes halogenated alkanes) is 8. The van der Waals surface area contributed by atoms with Gasteiger partial charge in [0.05, 0.1) is 114 Å². The summed E-state index contributed by atoms with van der Waals surface area (Å²) >= 11 is 0. The molecule has 57 heavy (non-hydrogen) atoms. The smallest absolute Gasteiger partial charge is 0.123 e. The first-order chi connectivity index (χ1) is 27.4. The predicted octanol–water partition coefficient (Wildman–Crippen LogP) is 10.3. The van der Waals surface area contributed by atoms with E-state index in [1.807, 2.05) is 6.07 Å². The third kappa shape index (κ3) is 12.9. The summed E-state index contributed by atoms with van der Waals surface area (Å²) in [6, 6.07) is 6.23. The van der Waals surface area contributed by atoms with Crippen LogP contribution in [0.15, 0.2) is 127 Å². The van der Waals surface area contributed by atoms with E-state index in [2.05, 4.69) is 122 Å². The summed E-state index contributed by atoms with van der Waals surface area (Å²) in [6.45, 7) is 5.58. The molecule has 8 heteroatoms. The number of hydrogen-bond donors (Lipinski definition) is 0. The van der Waals surface area contributed by atoms with Crippen LogP contribution in [0, 0.1) is 0 Å². The Morgan fingerprint density at radius 2 is 1.00 bits per heavy atom. The first kappa shape index (κ1) is 42.0. The predicted molar refractivity (Wildman–Crippen MR) is 241 cm³/mol. The molecule has 8 nitrogen and oxygen atoms in total. The normalized spacial score (nSPS) is 17.3. The molecule has 0 spiro atoms. The lowest BCUT2D eigenvalue weighted by atomic mass is 9.98. The lowest BCUT2D eigenvalue weighted by Gasteiger charge is -2.24. The molecule has 6 rings (SSSR count). The van der Waals surface area contributed by atoms with Crippen molar-refractivity contribution >= 4 is 28.4 Å². The fourth-order valence-corrected chi connectivity index (χ4v) is 7.52. The number of aliphatic imine (C=N–C) groups is 4. The second-order valence-electron chi connectivity index (χ2n) is 17.9. The van der Waals surface area contributed by atoms with Crippen molar-refractivity contribution in [1.82, 2.24) is 0 Å². The zero-order valence-electron chi connectivity index (χ0n) is 35.8. The molecule has 302 valence electrons. The molecule has 0 fully saturated rings. The summed E-state index contributed by atoms with van der Waals surface area (Å²) in [6.07, 6.45) is 35.5. The molecule has 5 aliphatic heterocycles. The van der Waals surface area contributed by atoms with Crippen molar-refractivity contribution in [3.05, 3.63) is 113 Å². The molecule has 0 saturated carbocycles. The topological polar surface area (TPSA) is 67.9 Å². The highest BCUT2D eigenvalue weighted by Gasteiger charge is 2.23. The Morgan fingerprint density at radius 1 is 0.491 bits per heavy atom. The van der Waals surface area contributed by atoms with E-state index in [1.165, 1.54) is 56.9 Å². The fraction of sp³-hybridized carbons (Fsp3) is 0.469. The van der Waals surface area contributed by atoms with Gasteiger partial charge in [0.25, 0.3) is 0 Å². The second-order valence-corrected chi connectivity index (χ2v) is 17.9. The number of hydrogen-bond acceptors (Lipinski definition) is 6. The Balaban J connectivity index is 1.30. The van der Waals surface area contributed by atoms with Gasteiger partial charge in [0, 0.05) is 30.1 Å². The van der Waals surface area contributed by atoms with Crippen LogP contribution >= 0.6 is 0 Å². The van der Waals surface area contributed by atoms with Gasteiger partial charge >= 0.3 is 0 Å². The largest absolute Gasteiger partial charge is 0.493 e. The monoisotopic (exact) mass is 771 g/mol. The van der Waals surface area contributed by atoms with E-state index in [1.54, 1.807) is 0 Å². The van der Waals surface area contributed by atoms with Gasteiger partial charge in [0.1, 0.15) is 11.5 Å². The minimum Gasteiger partial charge on any atom is -0.493 e. The van der Waals surface area contributed by atoms with Crippen molar-refractivity contribution in [1.29, 1.82) is 0 Å². The van der Waals surface area contributed by atoms with Crippen LogP contribution in [0.2, 0.25) is 0 Å². The Labute approximate surface area is 342 Å². The van der Waals surface area contributed by atoms with Gasteiger partial charge in [0.15, 0.2) is 0 Å². The SMILES string of the molecule is CCCCCCCCCCCC1=C2C=CC(=N2)C=C2C=CC(=N2)C(c2cc(OCCC[N+](C)(C)C)cc(OCCC[N+](C)(C)C)c2)=C2C=CC(=N2)C=C2C=CC1=N2. The maximum atomic E-state index is 6.42. The van der Waals surface area contributed by atoms with Crippen LogP contribution in [-0.2, 0) is 0 Å². The molecular weight excluding hydrogens is 705 g/mol. The van der Waals surface area contributed by atoms with E-state index in [0.717, 1.165) is 116 Å². The standard InChI is InChI=1S/C49H66N6O2/c1-8-9-10-11-12-13-14-15-16-19-44-45-24-20-38(50-45)34-40-22-26-47(52-40)49(48-27-23-41(53-48)35-39-21-25-46(44)51-39)37-32-42(56-30-17-28-54(2,3)4)36-43(33-37)57-31-18-29-55(5,6)7/h20-27,32-36H,8-19,28-31H2,1-7H3/q+2. The van der Waals surface area contributed by atoms with E-state index < -0.39 is 0 Å². The summed E-state index contributed by atoms with van der Waals surface area (Å²) in [7, 11) is 13.3. The van der Waals surface area contributed by atoms with Crippen LogP contribution < -0.4 is 9.47 Å². The van der Waals surface area contributed by atoms with Crippen molar-refractivity contribution in [2.24, 2.45) is 20.0 Å². The third-order valence-electron chi connectivity index (χ3n) is 10.6. The number of fused-ring (bicyclic) bond motifs is 4. The molecule has 0 unspecified atom stereocenters. The van der Waals surface area contributed by atoms with Crippen LogP contribution in [0.5, 0.6) is 11.5 Å². The Bertz CT molecular complexity index is 1970. The highest BCUT2D eigenvalue weighted by atomic mass is 16.5. The second kappa shape index (κ2) is 19.7. The van der Waals surface area contributed by atoms with Gasteiger partial charge in [-0.2, -0.15) is 0 Å². The zero-order chi connectivity index (χ0) is 40.3. The van der Waals surface area contributed by atoms with Crippen molar-refractivity contribution in [2.45, 2.75) is 84.0 Å². The molecule has 5 heterocycles. The molecule has 0 aromatic heterocycles. The molecule has 1 aromatic carbocycles. The minimum absolute atomic E-state index is 0.623. The van der Waals surface area contributed by atoms with Gasteiger partial charge in [-0.1, -0.05) is 58.3 Å². The van der Waals surface area contributed by atoms with E-state index in [0.29, 0.717) is 13.2 Å². The molecule has 8 bridgehead atoms. The van der Waals surface area contributed by atoms with Gasteiger partial charge in [-0.15, -0.1) is 0 Å². The van der Waals surface area contributed by atoms with Crippen LogP contribution in [0.4, 0.5) is 0 Å². The maximum absolute atomic E-state index is 6.42. The summed E-state index contributed by atoms with van der Waals surface area (Å²) in [5.74, 6) is 1.56. The Hall–Kier alpha value is -4.66. The highest BCUT2D eigenvalue weighted by Crippen LogP contribution is 2.35. The van der Waals surface area contributed by atoms with Crippen molar-refractivity contribution in [2.75, 3.05) is 68.6 Å². The van der Waals surface area contributed by atoms with Gasteiger partial charge in [-0.05, 0) is 91.3 Å². The van der Waals surface area contributed by atoms with Gasteiger partial charge in [-0.3, -0.25) is 0 Å². The fourth-order valence-electron chi connectivity index (χ4n) is 7.52. The van der Waals surface area contributed by atoms with Crippen LogP contribution in [0.25, 0.3) is 5.57 Å². The van der Waals surface area contributed by atoms with Gasteiger partial charge in [-0.25, -0.2) is 20.0 Å². The highest BCUT2D eigenvalue weighted by molar-refractivity contribution is 6.32. The van der Waals surface area contributed by atoms with E-state index >= 15 is 0 Å². The average Bonchev–Trinajstić information content (AvgIpc) is 3.99. The van der Waals surface area contributed by atoms with Crippen LogP contribution in [-0.4, -0.2) is 100 Å². The molecule has 1 aromatic rings.